The van der Waals surface area contributed by atoms with Gasteiger partial charge in [0.15, 0.2) is 0 Å². The molecule has 0 aromatic carbocycles. The molecule has 0 spiro atoms. The molecule has 0 bridgehead atoms. The van der Waals surface area contributed by atoms with Gasteiger partial charge in [-0.05, 0) is 12.8 Å². The van der Waals surface area contributed by atoms with Crippen LogP contribution in [0.3, 0.4) is 0 Å². The van der Waals surface area contributed by atoms with Crippen LogP contribution in [0, 0.1) is 5.92 Å². The molecule has 2 unspecified atom stereocenters. The Morgan fingerprint density at radius 2 is 2.31 bits per heavy atom. The number of rotatable bonds is 5. The molecule has 1 aliphatic rings. The Morgan fingerprint density at radius 1 is 1.56 bits per heavy atom. The highest BCUT2D eigenvalue weighted by atomic mass is 16.5. The summed E-state index contributed by atoms with van der Waals surface area (Å²) in [5, 5.41) is 13.8. The predicted molar refractivity (Wildman–Crippen MR) is 57.2 cm³/mol. The topological polar surface area (TPSA) is 87.7 Å². The molecule has 6 nitrogen and oxygen atoms in total. The Bertz CT molecular complexity index is 251. The summed E-state index contributed by atoms with van der Waals surface area (Å²) in [7, 11) is 0. The van der Waals surface area contributed by atoms with Gasteiger partial charge < -0.3 is 20.5 Å². The van der Waals surface area contributed by atoms with E-state index >= 15 is 0 Å². The van der Waals surface area contributed by atoms with E-state index in [1.807, 2.05) is 0 Å². The number of nitrogens with one attached hydrogen (secondary N) is 2. The summed E-state index contributed by atoms with van der Waals surface area (Å²) < 4.78 is 5.16. The fourth-order valence-electron chi connectivity index (χ4n) is 1.53. The van der Waals surface area contributed by atoms with E-state index in [9.17, 15) is 9.59 Å². The van der Waals surface area contributed by atoms with Crippen molar-refractivity contribution in [2.45, 2.75) is 25.8 Å². The Morgan fingerprint density at radius 3 is 2.81 bits per heavy atom. The highest BCUT2D eigenvalue weighted by Gasteiger charge is 2.19. The number of carboxylic acids is 1. The summed E-state index contributed by atoms with van der Waals surface area (Å²) in [4.78, 5) is 22.0. The van der Waals surface area contributed by atoms with Crippen LogP contribution < -0.4 is 10.6 Å². The summed E-state index contributed by atoms with van der Waals surface area (Å²) in [6.45, 7) is 3.64. The molecular weight excluding hydrogens is 212 g/mol. The summed E-state index contributed by atoms with van der Waals surface area (Å²) in [6, 6.07) is -1.25. The van der Waals surface area contributed by atoms with Crippen LogP contribution in [-0.4, -0.2) is 42.9 Å². The Hall–Kier alpha value is -1.30. The van der Waals surface area contributed by atoms with E-state index in [0.717, 1.165) is 13.0 Å². The largest absolute Gasteiger partial charge is 0.480 e. The number of carboxylic acid groups (broad SMARTS) is 1. The van der Waals surface area contributed by atoms with Crippen molar-refractivity contribution < 1.29 is 19.4 Å². The Labute approximate surface area is 94.3 Å². The van der Waals surface area contributed by atoms with Crippen LogP contribution in [0.15, 0.2) is 0 Å². The van der Waals surface area contributed by atoms with Gasteiger partial charge in [-0.25, -0.2) is 9.59 Å². The molecule has 6 heteroatoms. The normalized spacial score (nSPS) is 21.4. The van der Waals surface area contributed by atoms with E-state index in [1.54, 1.807) is 6.92 Å². The standard InChI is InChI=1S/C10H18N2O4/c1-2-8(9(13)14)12-10(15)11-5-7-3-4-16-6-7/h7-8H,2-6H2,1H3,(H,13,14)(H2,11,12,15). The monoisotopic (exact) mass is 230 g/mol. The number of amides is 2. The second kappa shape index (κ2) is 6.32. The molecule has 0 aliphatic carbocycles. The molecule has 1 fully saturated rings. The molecule has 0 radical (unpaired) electrons. The average molecular weight is 230 g/mol. The van der Waals surface area contributed by atoms with Gasteiger partial charge in [-0.1, -0.05) is 6.92 Å². The van der Waals surface area contributed by atoms with Gasteiger partial charge in [-0.2, -0.15) is 0 Å². The average Bonchev–Trinajstić information content (AvgIpc) is 2.75. The van der Waals surface area contributed by atoms with Gasteiger partial charge in [0.05, 0.1) is 6.61 Å². The molecule has 0 aromatic rings. The van der Waals surface area contributed by atoms with Crippen LogP contribution >= 0.6 is 0 Å². The first kappa shape index (κ1) is 12.8. The van der Waals surface area contributed by atoms with Crippen LogP contribution in [0.2, 0.25) is 0 Å². The van der Waals surface area contributed by atoms with Crippen LogP contribution in [0.5, 0.6) is 0 Å². The van der Waals surface area contributed by atoms with Crippen molar-refractivity contribution >= 4 is 12.0 Å². The van der Waals surface area contributed by atoms with Crippen LogP contribution in [0.1, 0.15) is 19.8 Å². The Balaban J connectivity index is 2.21. The lowest BCUT2D eigenvalue weighted by Crippen LogP contribution is -2.46. The zero-order chi connectivity index (χ0) is 12.0. The van der Waals surface area contributed by atoms with E-state index in [0.29, 0.717) is 25.5 Å². The number of hydrogen-bond acceptors (Lipinski definition) is 3. The lowest BCUT2D eigenvalue weighted by atomic mass is 10.1. The van der Waals surface area contributed by atoms with E-state index in [2.05, 4.69) is 10.6 Å². The van der Waals surface area contributed by atoms with E-state index in [4.69, 9.17) is 9.84 Å². The highest BCUT2D eigenvalue weighted by molar-refractivity contribution is 5.82. The second-order valence-corrected chi connectivity index (χ2v) is 3.88. The molecule has 2 atom stereocenters. The van der Waals surface area contributed by atoms with Crippen molar-refractivity contribution in [3.8, 4) is 0 Å². The van der Waals surface area contributed by atoms with Gasteiger partial charge >= 0.3 is 12.0 Å². The van der Waals surface area contributed by atoms with Crippen molar-refractivity contribution in [1.29, 1.82) is 0 Å². The summed E-state index contributed by atoms with van der Waals surface area (Å²) in [6.07, 6.45) is 1.31. The van der Waals surface area contributed by atoms with Crippen molar-refractivity contribution in [1.82, 2.24) is 10.6 Å². The SMILES string of the molecule is CCC(NC(=O)NCC1CCOC1)C(=O)O. The molecule has 1 heterocycles. The molecule has 0 saturated carbocycles. The smallest absolute Gasteiger partial charge is 0.326 e. The molecule has 1 rings (SSSR count). The van der Waals surface area contributed by atoms with Crippen LogP contribution in [-0.2, 0) is 9.53 Å². The zero-order valence-electron chi connectivity index (χ0n) is 9.36. The molecule has 0 aromatic heterocycles. The number of urea groups is 1. The van der Waals surface area contributed by atoms with Gasteiger partial charge in [0.1, 0.15) is 6.04 Å². The number of carbonyl (C=O) groups excluding carboxylic acids is 1. The summed E-state index contributed by atoms with van der Waals surface area (Å²) in [5.74, 6) is -0.669. The Kier molecular flexibility index (Phi) is 5.04. The summed E-state index contributed by atoms with van der Waals surface area (Å²) in [5.41, 5.74) is 0. The van der Waals surface area contributed by atoms with E-state index in [1.165, 1.54) is 0 Å². The minimum Gasteiger partial charge on any atom is -0.480 e. The molecule has 2 amide bonds. The van der Waals surface area contributed by atoms with Gasteiger partial charge in [0, 0.05) is 19.1 Å². The van der Waals surface area contributed by atoms with Gasteiger partial charge in [-0.3, -0.25) is 0 Å². The van der Waals surface area contributed by atoms with Crippen molar-refractivity contribution in [3.05, 3.63) is 0 Å². The number of ether oxygens (including phenoxy) is 1. The molecule has 1 saturated heterocycles. The maximum Gasteiger partial charge on any atom is 0.326 e. The summed E-state index contributed by atoms with van der Waals surface area (Å²) >= 11 is 0. The minimum absolute atomic E-state index is 0.343. The van der Waals surface area contributed by atoms with Crippen molar-refractivity contribution in [2.75, 3.05) is 19.8 Å². The zero-order valence-corrected chi connectivity index (χ0v) is 9.36. The predicted octanol–water partition coefficient (Wildman–Crippen LogP) is 0.185. The third kappa shape index (κ3) is 4.06. The van der Waals surface area contributed by atoms with Crippen LogP contribution in [0.4, 0.5) is 4.79 Å². The molecule has 92 valence electrons. The number of carbonyl (C=O) groups is 2. The quantitative estimate of drug-likeness (QED) is 0.629. The number of hydrogen-bond donors (Lipinski definition) is 3. The maximum atomic E-state index is 11.3. The van der Waals surface area contributed by atoms with Crippen molar-refractivity contribution in [2.24, 2.45) is 5.92 Å². The molecule has 16 heavy (non-hydrogen) atoms. The maximum absolute atomic E-state index is 11.3. The van der Waals surface area contributed by atoms with Crippen LogP contribution in [0.25, 0.3) is 0 Å². The third-order valence-electron chi connectivity index (χ3n) is 2.59. The number of aliphatic carboxylic acids is 1. The first-order chi connectivity index (χ1) is 7.63. The van der Waals surface area contributed by atoms with Gasteiger partial charge in [-0.15, -0.1) is 0 Å². The third-order valence-corrected chi connectivity index (χ3v) is 2.59. The van der Waals surface area contributed by atoms with E-state index < -0.39 is 18.0 Å². The molecular formula is C10H18N2O4. The lowest BCUT2D eigenvalue weighted by Gasteiger charge is -2.14. The van der Waals surface area contributed by atoms with Gasteiger partial charge in [0.2, 0.25) is 0 Å². The minimum atomic E-state index is -1.01. The lowest BCUT2D eigenvalue weighted by molar-refractivity contribution is -0.139. The second-order valence-electron chi connectivity index (χ2n) is 3.88. The van der Waals surface area contributed by atoms with Crippen molar-refractivity contribution in [3.63, 3.8) is 0 Å². The fourth-order valence-corrected chi connectivity index (χ4v) is 1.53. The first-order valence-electron chi connectivity index (χ1n) is 5.48. The van der Waals surface area contributed by atoms with E-state index in [-0.39, 0.29) is 0 Å². The first-order valence-corrected chi connectivity index (χ1v) is 5.48. The van der Waals surface area contributed by atoms with Gasteiger partial charge in [0.25, 0.3) is 0 Å². The highest BCUT2D eigenvalue weighted by Crippen LogP contribution is 2.10. The molecule has 3 N–H and O–H groups in total. The fraction of sp³-hybridized carbons (Fsp3) is 0.800. The molecule has 1 aliphatic heterocycles.